The number of hydrogen-bond donors (Lipinski definition) is 1. The summed E-state index contributed by atoms with van der Waals surface area (Å²) in [6.45, 7) is -1.13. The third-order valence-electron chi connectivity index (χ3n) is 3.32. The number of oxazole rings is 1. The summed E-state index contributed by atoms with van der Waals surface area (Å²) in [7, 11) is 0. The predicted octanol–water partition coefficient (Wildman–Crippen LogP) is 4.49. The van der Waals surface area contributed by atoms with Gasteiger partial charge in [-0.3, -0.25) is 4.79 Å². The van der Waals surface area contributed by atoms with Crippen molar-refractivity contribution >= 4 is 22.9 Å². The van der Waals surface area contributed by atoms with Crippen LogP contribution in [-0.2, 0) is 11.2 Å². The number of nitrogens with one attached hydrogen (secondary N) is 1. The molecule has 2 aromatic heterocycles. The highest BCUT2D eigenvalue weighted by atomic mass is 32.1. The number of nitrogens with zero attached hydrogens (tertiary/aromatic N) is 1. The number of aryl methyl sites for hydroxylation is 1. The van der Waals surface area contributed by atoms with Crippen molar-refractivity contribution in [3.63, 3.8) is 0 Å². The van der Waals surface area contributed by atoms with Gasteiger partial charge in [0.1, 0.15) is 11.5 Å². The topological polar surface area (TPSA) is 64.4 Å². The summed E-state index contributed by atoms with van der Waals surface area (Å²) in [6, 6.07) is 9.48. The van der Waals surface area contributed by atoms with E-state index in [2.05, 4.69) is 15.0 Å². The van der Waals surface area contributed by atoms with E-state index in [-0.39, 0.29) is 18.1 Å². The highest BCUT2D eigenvalue weighted by Crippen LogP contribution is 2.26. The van der Waals surface area contributed by atoms with Crippen molar-refractivity contribution in [2.75, 3.05) is 5.32 Å². The minimum absolute atomic E-state index is 0.0286. The number of ether oxygens (including phenoxy) is 1. The normalized spacial score (nSPS) is 10.9. The van der Waals surface area contributed by atoms with Gasteiger partial charge in [0.2, 0.25) is 11.8 Å². The number of carbonyl (C=O) groups excluding carboxylic acids is 1. The largest absolute Gasteiger partial charge is 0.440 e. The zero-order valence-corrected chi connectivity index (χ0v) is 14.0. The molecule has 1 amide bonds. The second kappa shape index (κ2) is 7.43. The van der Waals surface area contributed by atoms with Gasteiger partial charge < -0.3 is 14.5 Å². The molecule has 1 N–H and O–H groups in total. The lowest BCUT2D eigenvalue weighted by Gasteiger charge is -2.07. The molecule has 8 heteroatoms. The predicted molar refractivity (Wildman–Crippen MR) is 90.0 cm³/mol. The molecule has 0 bridgehead atoms. The van der Waals surface area contributed by atoms with E-state index in [0.717, 1.165) is 4.88 Å². The SMILES string of the molecule is Cc1oc(-c2cccs2)nc1CC(=O)Nc1ccc(OC(F)F)cc1. The highest BCUT2D eigenvalue weighted by Gasteiger charge is 2.15. The van der Waals surface area contributed by atoms with Crippen LogP contribution >= 0.6 is 11.3 Å². The number of hydrogen-bond acceptors (Lipinski definition) is 5. The van der Waals surface area contributed by atoms with Crippen molar-refractivity contribution in [1.82, 2.24) is 4.98 Å². The molecule has 2 heterocycles. The van der Waals surface area contributed by atoms with Crippen molar-refractivity contribution < 1.29 is 22.7 Å². The maximum absolute atomic E-state index is 12.2. The Morgan fingerprint density at radius 3 is 2.72 bits per heavy atom. The summed E-state index contributed by atoms with van der Waals surface area (Å²) < 4.78 is 34.1. The summed E-state index contributed by atoms with van der Waals surface area (Å²) in [6.07, 6.45) is 0.0516. The minimum Gasteiger partial charge on any atom is -0.440 e. The second-order valence-electron chi connectivity index (χ2n) is 5.13. The van der Waals surface area contributed by atoms with Gasteiger partial charge >= 0.3 is 6.61 Å². The Morgan fingerprint density at radius 1 is 1.32 bits per heavy atom. The van der Waals surface area contributed by atoms with E-state index < -0.39 is 6.61 Å². The van der Waals surface area contributed by atoms with Gasteiger partial charge in [-0.1, -0.05) is 6.07 Å². The molecule has 0 radical (unpaired) electrons. The molecule has 1 aromatic carbocycles. The summed E-state index contributed by atoms with van der Waals surface area (Å²) in [4.78, 5) is 17.4. The van der Waals surface area contributed by atoms with Crippen molar-refractivity contribution in [3.05, 3.63) is 53.2 Å². The minimum atomic E-state index is -2.88. The molecule has 0 saturated heterocycles. The first kappa shape index (κ1) is 17.1. The number of alkyl halides is 2. The molecule has 0 fully saturated rings. The van der Waals surface area contributed by atoms with Crippen LogP contribution in [0.1, 0.15) is 11.5 Å². The molecule has 3 rings (SSSR count). The van der Waals surface area contributed by atoms with E-state index in [1.165, 1.54) is 35.6 Å². The lowest BCUT2D eigenvalue weighted by molar-refractivity contribution is -0.115. The lowest BCUT2D eigenvalue weighted by Crippen LogP contribution is -2.15. The van der Waals surface area contributed by atoms with E-state index in [1.54, 1.807) is 6.92 Å². The van der Waals surface area contributed by atoms with Crippen LogP contribution in [0.15, 0.2) is 46.2 Å². The fraction of sp³-hybridized carbons (Fsp3) is 0.176. The molecule has 0 spiro atoms. The van der Waals surface area contributed by atoms with Crippen LogP contribution in [0.2, 0.25) is 0 Å². The van der Waals surface area contributed by atoms with Crippen LogP contribution < -0.4 is 10.1 Å². The highest BCUT2D eigenvalue weighted by molar-refractivity contribution is 7.13. The molecule has 3 aromatic rings. The smallest absolute Gasteiger partial charge is 0.387 e. The van der Waals surface area contributed by atoms with Gasteiger partial charge in [-0.15, -0.1) is 11.3 Å². The Bertz CT molecular complexity index is 845. The number of benzene rings is 1. The molecular weight excluding hydrogens is 350 g/mol. The molecule has 0 aliphatic carbocycles. The van der Waals surface area contributed by atoms with E-state index in [1.807, 2.05) is 17.5 Å². The number of thiophene rings is 1. The molecule has 0 aliphatic rings. The summed E-state index contributed by atoms with van der Waals surface area (Å²) in [5.74, 6) is 0.820. The summed E-state index contributed by atoms with van der Waals surface area (Å²) >= 11 is 1.50. The fourth-order valence-electron chi connectivity index (χ4n) is 2.17. The van der Waals surface area contributed by atoms with Crippen LogP contribution in [0.3, 0.4) is 0 Å². The Morgan fingerprint density at radius 2 is 2.08 bits per heavy atom. The lowest BCUT2D eigenvalue weighted by atomic mass is 10.2. The first-order valence-electron chi connectivity index (χ1n) is 7.36. The van der Waals surface area contributed by atoms with Crippen LogP contribution in [0.25, 0.3) is 10.8 Å². The monoisotopic (exact) mass is 364 g/mol. The van der Waals surface area contributed by atoms with E-state index in [4.69, 9.17) is 4.42 Å². The summed E-state index contributed by atoms with van der Waals surface area (Å²) in [5, 5.41) is 4.60. The molecule has 130 valence electrons. The van der Waals surface area contributed by atoms with Gasteiger partial charge in [0, 0.05) is 5.69 Å². The second-order valence-corrected chi connectivity index (χ2v) is 6.07. The van der Waals surface area contributed by atoms with Gasteiger partial charge in [0.25, 0.3) is 0 Å². The van der Waals surface area contributed by atoms with Crippen LogP contribution in [0.4, 0.5) is 14.5 Å². The number of carbonyl (C=O) groups is 1. The number of rotatable bonds is 6. The number of amides is 1. The maximum Gasteiger partial charge on any atom is 0.387 e. The Kier molecular flexibility index (Phi) is 5.08. The van der Waals surface area contributed by atoms with Crippen molar-refractivity contribution in [2.45, 2.75) is 20.0 Å². The number of anilines is 1. The van der Waals surface area contributed by atoms with Gasteiger partial charge in [0.05, 0.1) is 17.0 Å². The van der Waals surface area contributed by atoms with Crippen LogP contribution in [0.5, 0.6) is 5.75 Å². The Hall–Kier alpha value is -2.74. The number of halogens is 2. The van der Waals surface area contributed by atoms with E-state index in [9.17, 15) is 13.6 Å². The average Bonchev–Trinajstić information content (AvgIpc) is 3.19. The van der Waals surface area contributed by atoms with Crippen LogP contribution in [-0.4, -0.2) is 17.5 Å². The third-order valence-corrected chi connectivity index (χ3v) is 4.17. The standard InChI is InChI=1S/C17H14F2N2O3S/c1-10-13(21-16(23-10)14-3-2-8-25-14)9-15(22)20-11-4-6-12(7-5-11)24-17(18)19/h2-8,17H,9H2,1H3,(H,20,22). The zero-order chi connectivity index (χ0) is 17.8. The molecular formula is C17H14F2N2O3S. The summed E-state index contributed by atoms with van der Waals surface area (Å²) in [5.41, 5.74) is 1.03. The molecule has 0 saturated carbocycles. The first-order valence-corrected chi connectivity index (χ1v) is 8.24. The fourth-order valence-corrected chi connectivity index (χ4v) is 2.82. The number of aromatic nitrogens is 1. The zero-order valence-electron chi connectivity index (χ0n) is 13.2. The van der Waals surface area contributed by atoms with Gasteiger partial charge in [-0.2, -0.15) is 8.78 Å². The van der Waals surface area contributed by atoms with E-state index >= 15 is 0 Å². The van der Waals surface area contributed by atoms with Crippen molar-refractivity contribution in [2.24, 2.45) is 0 Å². The Balaban J connectivity index is 1.63. The third kappa shape index (κ3) is 4.42. The van der Waals surface area contributed by atoms with Crippen molar-refractivity contribution in [1.29, 1.82) is 0 Å². The van der Waals surface area contributed by atoms with Gasteiger partial charge in [-0.05, 0) is 42.6 Å². The molecule has 0 atom stereocenters. The molecule has 25 heavy (non-hydrogen) atoms. The quantitative estimate of drug-likeness (QED) is 0.700. The van der Waals surface area contributed by atoms with E-state index in [0.29, 0.717) is 23.0 Å². The average molecular weight is 364 g/mol. The molecule has 0 unspecified atom stereocenters. The molecule has 0 aliphatic heterocycles. The Labute approximate surface area is 146 Å². The molecule has 5 nitrogen and oxygen atoms in total. The maximum atomic E-state index is 12.2. The van der Waals surface area contributed by atoms with Crippen LogP contribution in [0, 0.1) is 6.92 Å². The van der Waals surface area contributed by atoms with Gasteiger partial charge in [0.15, 0.2) is 0 Å². The van der Waals surface area contributed by atoms with Crippen molar-refractivity contribution in [3.8, 4) is 16.5 Å². The van der Waals surface area contributed by atoms with Gasteiger partial charge in [-0.25, -0.2) is 4.98 Å². The first-order chi connectivity index (χ1) is 12.0.